The molecule has 16 heavy (non-hydrogen) atoms. The largest absolute Gasteiger partial charge is 0.416 e. The smallest absolute Gasteiger partial charge is 0.299 e. The lowest BCUT2D eigenvalue weighted by Crippen LogP contribution is -2.36. The van der Waals surface area contributed by atoms with Gasteiger partial charge in [0, 0.05) is 6.54 Å². The summed E-state index contributed by atoms with van der Waals surface area (Å²) in [6.45, 7) is 2.14. The molecule has 0 radical (unpaired) electrons. The molecule has 1 aromatic carbocycles. The van der Waals surface area contributed by atoms with Crippen LogP contribution in [0.2, 0.25) is 0 Å². The average Bonchev–Trinajstić information content (AvgIpc) is 2.09. The minimum Gasteiger partial charge on any atom is -0.299 e. The van der Waals surface area contributed by atoms with Crippen molar-refractivity contribution >= 4 is 0 Å². The third-order valence-electron chi connectivity index (χ3n) is 2.64. The molecular weight excluding hydrogens is 222 g/mol. The van der Waals surface area contributed by atoms with Crippen LogP contribution < -0.4 is 0 Å². The molecule has 0 saturated carbocycles. The van der Waals surface area contributed by atoms with E-state index >= 15 is 0 Å². The summed E-state index contributed by atoms with van der Waals surface area (Å²) in [6, 6.07) is 2.70. The van der Waals surface area contributed by atoms with Crippen molar-refractivity contribution in [2.24, 2.45) is 0 Å². The van der Waals surface area contributed by atoms with Crippen LogP contribution >= 0.6 is 0 Å². The number of likely N-dealkylation sites (tertiary alicyclic amines) is 1. The third kappa shape index (κ3) is 2.52. The van der Waals surface area contributed by atoms with E-state index < -0.39 is 17.6 Å². The number of nitrogens with zero attached hydrogens (tertiary/aromatic N) is 1. The maximum Gasteiger partial charge on any atom is 0.416 e. The molecule has 0 atom stereocenters. The van der Waals surface area contributed by atoms with E-state index in [1.54, 1.807) is 0 Å². The number of rotatable bonds is 2. The molecule has 0 N–H and O–H groups in total. The minimum absolute atomic E-state index is 0.382. The summed E-state index contributed by atoms with van der Waals surface area (Å²) >= 11 is 0. The Bertz CT molecular complexity index is 382. The van der Waals surface area contributed by atoms with Crippen LogP contribution in [0.15, 0.2) is 18.2 Å². The molecule has 1 saturated heterocycles. The van der Waals surface area contributed by atoms with Crippen LogP contribution in [0.25, 0.3) is 0 Å². The van der Waals surface area contributed by atoms with Crippen LogP contribution in [0.5, 0.6) is 0 Å². The Balaban J connectivity index is 2.21. The first-order valence-electron chi connectivity index (χ1n) is 5.04. The fraction of sp³-hybridized carbons (Fsp3) is 0.455. The van der Waals surface area contributed by atoms with Gasteiger partial charge in [-0.3, -0.25) is 4.90 Å². The molecular formula is C11H11F4N. The van der Waals surface area contributed by atoms with Gasteiger partial charge in [-0.15, -0.1) is 0 Å². The van der Waals surface area contributed by atoms with Crippen molar-refractivity contribution in [3.05, 3.63) is 35.1 Å². The molecule has 1 aliphatic rings. The number of benzene rings is 1. The summed E-state index contributed by atoms with van der Waals surface area (Å²) in [4.78, 5) is 1.98. The molecule has 1 nitrogen and oxygen atoms in total. The fourth-order valence-electron chi connectivity index (χ4n) is 1.70. The molecule has 0 bridgehead atoms. The second kappa shape index (κ2) is 4.05. The molecule has 2 rings (SSSR count). The lowest BCUT2D eigenvalue weighted by atomic mass is 10.1. The van der Waals surface area contributed by atoms with Crippen molar-refractivity contribution < 1.29 is 17.6 Å². The lowest BCUT2D eigenvalue weighted by Gasteiger charge is -2.30. The molecule has 0 spiro atoms. The van der Waals surface area contributed by atoms with Crippen LogP contribution in [0.4, 0.5) is 17.6 Å². The molecule has 1 aromatic rings. The first-order chi connectivity index (χ1) is 7.45. The van der Waals surface area contributed by atoms with Crippen LogP contribution in [-0.2, 0) is 12.7 Å². The van der Waals surface area contributed by atoms with Crippen molar-refractivity contribution in [1.29, 1.82) is 0 Å². The Morgan fingerprint density at radius 2 is 1.81 bits per heavy atom. The van der Waals surface area contributed by atoms with Gasteiger partial charge in [0.05, 0.1) is 5.56 Å². The van der Waals surface area contributed by atoms with Crippen LogP contribution in [0.3, 0.4) is 0 Å². The number of halogens is 4. The van der Waals surface area contributed by atoms with Gasteiger partial charge in [-0.2, -0.15) is 13.2 Å². The summed E-state index contributed by atoms with van der Waals surface area (Å²) in [5, 5.41) is 0. The Morgan fingerprint density at radius 1 is 1.12 bits per heavy atom. The van der Waals surface area contributed by atoms with Gasteiger partial charge in [0.25, 0.3) is 0 Å². The fourth-order valence-corrected chi connectivity index (χ4v) is 1.70. The second-order valence-corrected chi connectivity index (χ2v) is 3.98. The SMILES string of the molecule is Fc1cc(CN2CCC2)cc(C(F)(F)F)c1. The van der Waals surface area contributed by atoms with Crippen molar-refractivity contribution in [2.45, 2.75) is 19.1 Å². The minimum atomic E-state index is -4.48. The van der Waals surface area contributed by atoms with E-state index in [9.17, 15) is 17.6 Å². The molecule has 0 aliphatic carbocycles. The average molecular weight is 233 g/mol. The third-order valence-corrected chi connectivity index (χ3v) is 2.64. The van der Waals surface area contributed by atoms with Gasteiger partial charge in [-0.05, 0) is 43.3 Å². The van der Waals surface area contributed by atoms with E-state index in [4.69, 9.17) is 0 Å². The molecule has 1 aliphatic heterocycles. The highest BCUT2D eigenvalue weighted by molar-refractivity contribution is 5.26. The first kappa shape index (κ1) is 11.4. The molecule has 0 aromatic heterocycles. The van der Waals surface area contributed by atoms with Gasteiger partial charge in [-0.25, -0.2) is 4.39 Å². The highest BCUT2D eigenvalue weighted by atomic mass is 19.4. The van der Waals surface area contributed by atoms with Gasteiger partial charge in [0.15, 0.2) is 0 Å². The normalized spacial score (nSPS) is 17.2. The van der Waals surface area contributed by atoms with E-state index in [2.05, 4.69) is 0 Å². The predicted octanol–water partition coefficient (Wildman–Crippen LogP) is 3.05. The second-order valence-electron chi connectivity index (χ2n) is 3.98. The van der Waals surface area contributed by atoms with Gasteiger partial charge in [0.1, 0.15) is 5.82 Å². The zero-order valence-corrected chi connectivity index (χ0v) is 8.52. The Labute approximate surface area is 90.7 Å². The molecule has 1 heterocycles. The summed E-state index contributed by atoms with van der Waals surface area (Å²) < 4.78 is 50.2. The number of hydrogen-bond donors (Lipinski definition) is 0. The summed E-state index contributed by atoms with van der Waals surface area (Å²) in [5.74, 6) is -0.828. The standard InChI is InChI=1S/C11H11F4N/c12-10-5-8(7-16-2-1-3-16)4-9(6-10)11(13,14)15/h4-6H,1-3,7H2. The Morgan fingerprint density at radius 3 is 2.31 bits per heavy atom. The van der Waals surface area contributed by atoms with Crippen LogP contribution in [-0.4, -0.2) is 18.0 Å². The quantitative estimate of drug-likeness (QED) is 0.709. The molecule has 1 fully saturated rings. The number of hydrogen-bond acceptors (Lipinski definition) is 1. The zero-order chi connectivity index (χ0) is 11.8. The highest BCUT2D eigenvalue weighted by Gasteiger charge is 2.31. The van der Waals surface area contributed by atoms with E-state index in [0.29, 0.717) is 18.2 Å². The summed E-state index contributed by atoms with van der Waals surface area (Å²) in [6.07, 6.45) is -3.42. The van der Waals surface area contributed by atoms with Gasteiger partial charge >= 0.3 is 6.18 Å². The number of alkyl halides is 3. The van der Waals surface area contributed by atoms with Gasteiger partial charge in [-0.1, -0.05) is 0 Å². The molecule has 88 valence electrons. The van der Waals surface area contributed by atoms with Crippen LogP contribution in [0, 0.1) is 5.82 Å². The van der Waals surface area contributed by atoms with Crippen molar-refractivity contribution in [2.75, 3.05) is 13.1 Å². The molecule has 0 amide bonds. The van der Waals surface area contributed by atoms with Gasteiger partial charge < -0.3 is 0 Å². The van der Waals surface area contributed by atoms with Gasteiger partial charge in [0.2, 0.25) is 0 Å². The predicted molar refractivity (Wildman–Crippen MR) is 51.3 cm³/mol. The maximum absolute atomic E-state index is 13.0. The van der Waals surface area contributed by atoms with Crippen LogP contribution in [0.1, 0.15) is 17.5 Å². The van der Waals surface area contributed by atoms with Crippen molar-refractivity contribution in [3.8, 4) is 0 Å². The molecule has 0 unspecified atom stereocenters. The molecule has 5 heteroatoms. The lowest BCUT2D eigenvalue weighted by molar-refractivity contribution is -0.137. The van der Waals surface area contributed by atoms with E-state index in [0.717, 1.165) is 31.6 Å². The van der Waals surface area contributed by atoms with E-state index in [-0.39, 0.29) is 0 Å². The van der Waals surface area contributed by atoms with E-state index in [1.807, 2.05) is 4.90 Å². The summed E-state index contributed by atoms with van der Waals surface area (Å²) in [7, 11) is 0. The van der Waals surface area contributed by atoms with Crippen molar-refractivity contribution in [1.82, 2.24) is 4.90 Å². The topological polar surface area (TPSA) is 3.24 Å². The maximum atomic E-state index is 13.0. The first-order valence-corrected chi connectivity index (χ1v) is 5.04. The van der Waals surface area contributed by atoms with E-state index in [1.165, 1.54) is 0 Å². The van der Waals surface area contributed by atoms with Crippen molar-refractivity contribution in [3.63, 3.8) is 0 Å². The zero-order valence-electron chi connectivity index (χ0n) is 8.52. The summed E-state index contributed by atoms with van der Waals surface area (Å²) in [5.41, 5.74) is -0.532. The Kier molecular flexibility index (Phi) is 2.88. The Hall–Kier alpha value is -1.10. The monoisotopic (exact) mass is 233 g/mol. The highest BCUT2D eigenvalue weighted by Crippen LogP contribution is 2.30.